The molecular formula is C11H16N2O4. The molecular weight excluding hydrogens is 224 g/mol. The van der Waals surface area contributed by atoms with Crippen molar-refractivity contribution in [2.24, 2.45) is 0 Å². The maximum absolute atomic E-state index is 10.6. The molecule has 0 aromatic heterocycles. The van der Waals surface area contributed by atoms with Crippen LogP contribution in [0.2, 0.25) is 0 Å². The van der Waals surface area contributed by atoms with Gasteiger partial charge < -0.3 is 15.5 Å². The van der Waals surface area contributed by atoms with Crippen LogP contribution in [-0.4, -0.2) is 34.8 Å². The topological polar surface area (TPSA) is 95.6 Å². The van der Waals surface area contributed by atoms with Crippen LogP contribution in [0.1, 0.15) is 17.2 Å². The van der Waals surface area contributed by atoms with E-state index in [9.17, 15) is 15.2 Å². The highest BCUT2D eigenvalue weighted by Crippen LogP contribution is 2.22. The molecule has 0 aliphatic carbocycles. The monoisotopic (exact) mass is 240 g/mol. The third-order valence-corrected chi connectivity index (χ3v) is 2.43. The van der Waals surface area contributed by atoms with Crippen molar-refractivity contribution in [1.29, 1.82) is 0 Å². The van der Waals surface area contributed by atoms with Crippen LogP contribution < -0.4 is 5.32 Å². The molecule has 0 unspecified atom stereocenters. The van der Waals surface area contributed by atoms with Gasteiger partial charge >= 0.3 is 0 Å². The van der Waals surface area contributed by atoms with E-state index in [1.165, 1.54) is 12.1 Å². The lowest BCUT2D eigenvalue weighted by atomic mass is 10.1. The highest BCUT2D eigenvalue weighted by molar-refractivity contribution is 5.42. The molecule has 0 amide bonds. The molecule has 0 bridgehead atoms. The number of nitrogens with zero attached hydrogens (tertiary/aromatic N) is 1. The molecule has 0 aliphatic rings. The molecule has 0 radical (unpaired) electrons. The molecule has 0 saturated heterocycles. The van der Waals surface area contributed by atoms with Gasteiger partial charge in [0.2, 0.25) is 0 Å². The van der Waals surface area contributed by atoms with Crippen LogP contribution in [-0.2, 0) is 0 Å². The summed E-state index contributed by atoms with van der Waals surface area (Å²) in [6.07, 6.45) is -0.735. The maximum atomic E-state index is 10.6. The zero-order valence-electron chi connectivity index (χ0n) is 9.59. The zero-order valence-corrected chi connectivity index (χ0v) is 9.59. The molecule has 0 aliphatic heterocycles. The van der Waals surface area contributed by atoms with Gasteiger partial charge in [-0.05, 0) is 24.6 Å². The highest BCUT2D eigenvalue weighted by atomic mass is 16.6. The first-order chi connectivity index (χ1) is 8.06. The van der Waals surface area contributed by atoms with E-state index in [0.717, 1.165) is 0 Å². The molecule has 1 rings (SSSR count). The van der Waals surface area contributed by atoms with E-state index in [1.807, 2.05) is 0 Å². The first-order valence-electron chi connectivity index (χ1n) is 5.31. The van der Waals surface area contributed by atoms with Gasteiger partial charge in [0.1, 0.15) is 0 Å². The van der Waals surface area contributed by atoms with Crippen molar-refractivity contribution in [3.8, 4) is 0 Å². The number of aliphatic hydroxyl groups is 2. The highest BCUT2D eigenvalue weighted by Gasteiger charge is 2.13. The standard InChI is InChI=1S/C11H16N2O4/c1-8-6-9(2-3-10(8)13(16)17)11(15)7-12-4-5-14/h2-3,6,11-12,14-15H,4-5,7H2,1H3/t11-/m1/s1. The average Bonchev–Trinajstić information content (AvgIpc) is 2.28. The third-order valence-electron chi connectivity index (χ3n) is 2.43. The van der Waals surface area contributed by atoms with Crippen molar-refractivity contribution in [2.45, 2.75) is 13.0 Å². The quantitative estimate of drug-likeness (QED) is 0.382. The second kappa shape index (κ2) is 6.29. The van der Waals surface area contributed by atoms with Gasteiger partial charge in [0.25, 0.3) is 5.69 Å². The molecule has 3 N–H and O–H groups in total. The van der Waals surface area contributed by atoms with Crippen molar-refractivity contribution in [1.82, 2.24) is 5.32 Å². The van der Waals surface area contributed by atoms with Gasteiger partial charge in [-0.3, -0.25) is 10.1 Å². The summed E-state index contributed by atoms with van der Waals surface area (Å²) < 4.78 is 0. The molecule has 94 valence electrons. The Hall–Kier alpha value is -1.50. The number of aliphatic hydroxyl groups excluding tert-OH is 2. The normalized spacial score (nSPS) is 12.4. The lowest BCUT2D eigenvalue weighted by Crippen LogP contribution is -2.24. The number of hydrogen-bond donors (Lipinski definition) is 3. The molecule has 1 aromatic rings. The summed E-state index contributed by atoms with van der Waals surface area (Å²) in [5, 5.41) is 31.8. The number of rotatable bonds is 6. The minimum Gasteiger partial charge on any atom is -0.395 e. The number of nitro benzene ring substituents is 1. The first kappa shape index (κ1) is 13.6. The summed E-state index contributed by atoms with van der Waals surface area (Å²) in [7, 11) is 0. The minimum atomic E-state index is -0.735. The van der Waals surface area contributed by atoms with E-state index in [4.69, 9.17) is 5.11 Å². The Kier molecular flexibility index (Phi) is 5.02. The van der Waals surface area contributed by atoms with E-state index in [-0.39, 0.29) is 12.3 Å². The zero-order chi connectivity index (χ0) is 12.8. The Labute approximate surface area is 99.0 Å². The van der Waals surface area contributed by atoms with Gasteiger partial charge in [0, 0.05) is 24.7 Å². The maximum Gasteiger partial charge on any atom is 0.272 e. The predicted octanol–water partition coefficient (Wildman–Crippen LogP) is 0.519. The molecule has 0 heterocycles. The van der Waals surface area contributed by atoms with Gasteiger partial charge in [-0.25, -0.2) is 0 Å². The lowest BCUT2D eigenvalue weighted by Gasteiger charge is -2.12. The van der Waals surface area contributed by atoms with Crippen LogP contribution in [0, 0.1) is 17.0 Å². The number of benzene rings is 1. The Morgan fingerprint density at radius 2 is 2.24 bits per heavy atom. The van der Waals surface area contributed by atoms with Crippen molar-refractivity contribution in [2.75, 3.05) is 19.7 Å². The Morgan fingerprint density at radius 1 is 1.53 bits per heavy atom. The number of nitro groups is 1. The van der Waals surface area contributed by atoms with E-state index >= 15 is 0 Å². The summed E-state index contributed by atoms with van der Waals surface area (Å²) in [6, 6.07) is 4.53. The first-order valence-corrected chi connectivity index (χ1v) is 5.31. The smallest absolute Gasteiger partial charge is 0.272 e. The van der Waals surface area contributed by atoms with E-state index in [0.29, 0.717) is 24.2 Å². The van der Waals surface area contributed by atoms with E-state index in [2.05, 4.69) is 5.32 Å². The molecule has 0 fully saturated rings. The van der Waals surface area contributed by atoms with Crippen LogP contribution in [0.25, 0.3) is 0 Å². The number of nitrogens with one attached hydrogen (secondary N) is 1. The molecule has 0 saturated carbocycles. The molecule has 1 aromatic carbocycles. The molecule has 6 nitrogen and oxygen atoms in total. The average molecular weight is 240 g/mol. The summed E-state index contributed by atoms with van der Waals surface area (Å²) in [5.41, 5.74) is 1.19. The number of hydrogen-bond acceptors (Lipinski definition) is 5. The predicted molar refractivity (Wildman–Crippen MR) is 62.7 cm³/mol. The van der Waals surface area contributed by atoms with Crippen LogP contribution in [0.5, 0.6) is 0 Å². The Balaban J connectivity index is 2.72. The van der Waals surface area contributed by atoms with Crippen LogP contribution >= 0.6 is 0 Å². The fraction of sp³-hybridized carbons (Fsp3) is 0.455. The van der Waals surface area contributed by atoms with Gasteiger partial charge in [-0.15, -0.1) is 0 Å². The second-order valence-electron chi connectivity index (χ2n) is 3.75. The summed E-state index contributed by atoms with van der Waals surface area (Å²) >= 11 is 0. The summed E-state index contributed by atoms with van der Waals surface area (Å²) in [5.74, 6) is 0. The molecule has 6 heteroatoms. The largest absolute Gasteiger partial charge is 0.395 e. The van der Waals surface area contributed by atoms with Crippen LogP contribution in [0.3, 0.4) is 0 Å². The Bertz CT molecular complexity index is 395. The number of aryl methyl sites for hydroxylation is 1. The van der Waals surface area contributed by atoms with Gasteiger partial charge in [0.05, 0.1) is 17.6 Å². The molecule has 0 spiro atoms. The SMILES string of the molecule is Cc1cc([C@H](O)CNCCO)ccc1[N+](=O)[O-]. The third kappa shape index (κ3) is 3.77. The lowest BCUT2D eigenvalue weighted by molar-refractivity contribution is -0.385. The summed E-state index contributed by atoms with van der Waals surface area (Å²) in [6.45, 7) is 2.35. The van der Waals surface area contributed by atoms with E-state index < -0.39 is 11.0 Å². The van der Waals surface area contributed by atoms with Crippen LogP contribution in [0.15, 0.2) is 18.2 Å². The van der Waals surface area contributed by atoms with Crippen LogP contribution in [0.4, 0.5) is 5.69 Å². The van der Waals surface area contributed by atoms with Crippen molar-refractivity contribution in [3.05, 3.63) is 39.4 Å². The van der Waals surface area contributed by atoms with E-state index in [1.54, 1.807) is 13.0 Å². The van der Waals surface area contributed by atoms with Crippen molar-refractivity contribution >= 4 is 5.69 Å². The second-order valence-corrected chi connectivity index (χ2v) is 3.75. The fourth-order valence-electron chi connectivity index (χ4n) is 1.53. The molecule has 17 heavy (non-hydrogen) atoms. The fourth-order valence-corrected chi connectivity index (χ4v) is 1.53. The van der Waals surface area contributed by atoms with Gasteiger partial charge in [-0.1, -0.05) is 0 Å². The van der Waals surface area contributed by atoms with Crippen molar-refractivity contribution < 1.29 is 15.1 Å². The van der Waals surface area contributed by atoms with Gasteiger partial charge in [0.15, 0.2) is 0 Å². The Morgan fingerprint density at radius 3 is 2.76 bits per heavy atom. The van der Waals surface area contributed by atoms with Gasteiger partial charge in [-0.2, -0.15) is 0 Å². The summed E-state index contributed by atoms with van der Waals surface area (Å²) in [4.78, 5) is 10.2. The minimum absolute atomic E-state index is 0.00596. The molecule has 1 atom stereocenters. The van der Waals surface area contributed by atoms with Crippen molar-refractivity contribution in [3.63, 3.8) is 0 Å².